The van der Waals surface area contributed by atoms with Crippen LogP contribution in [0.15, 0.2) is 30.3 Å². The average Bonchev–Trinajstić information content (AvgIpc) is 2.56. The third-order valence-electron chi connectivity index (χ3n) is 3.51. The Labute approximate surface area is 158 Å². The Morgan fingerprint density at radius 3 is 2.52 bits per heavy atom. The minimum Gasteiger partial charge on any atom is -0.490 e. The highest BCUT2D eigenvalue weighted by Crippen LogP contribution is 2.37. The molecule has 0 aliphatic carbocycles. The van der Waals surface area contributed by atoms with Gasteiger partial charge < -0.3 is 14.8 Å². The molecule has 0 saturated carbocycles. The molecule has 0 saturated heterocycles. The molecule has 0 aliphatic rings. The molecular weight excluding hydrogens is 364 g/mol. The van der Waals surface area contributed by atoms with E-state index in [1.165, 1.54) is 12.1 Å². The zero-order chi connectivity index (χ0) is 18.2. The lowest BCUT2D eigenvalue weighted by Gasteiger charge is -2.16. The summed E-state index contributed by atoms with van der Waals surface area (Å²) in [6, 6.07) is 7.97. The largest absolute Gasteiger partial charge is 0.490 e. The zero-order valence-corrected chi connectivity index (χ0v) is 15.9. The lowest BCUT2D eigenvalue weighted by molar-refractivity contribution is 0.269. The SMILES string of the molecule is CCCNCc1cc(Cl)c(OCc2ccc(F)cc2Cl)c(OCC)c1. The van der Waals surface area contributed by atoms with E-state index in [0.717, 1.165) is 18.5 Å². The van der Waals surface area contributed by atoms with Crippen molar-refractivity contribution in [2.24, 2.45) is 0 Å². The summed E-state index contributed by atoms with van der Waals surface area (Å²) in [5.74, 6) is 0.662. The maximum atomic E-state index is 13.1. The van der Waals surface area contributed by atoms with Gasteiger partial charge in [-0.05, 0) is 49.7 Å². The quantitative estimate of drug-likeness (QED) is 0.569. The number of nitrogens with one attached hydrogen (secondary N) is 1. The third kappa shape index (κ3) is 5.77. The molecule has 25 heavy (non-hydrogen) atoms. The van der Waals surface area contributed by atoms with Crippen molar-refractivity contribution in [1.29, 1.82) is 0 Å². The van der Waals surface area contributed by atoms with Crippen LogP contribution < -0.4 is 14.8 Å². The van der Waals surface area contributed by atoms with Crippen molar-refractivity contribution in [3.8, 4) is 11.5 Å². The monoisotopic (exact) mass is 385 g/mol. The Balaban J connectivity index is 2.17. The maximum Gasteiger partial charge on any atom is 0.180 e. The van der Waals surface area contributed by atoms with Crippen LogP contribution in [-0.4, -0.2) is 13.2 Å². The normalized spacial score (nSPS) is 10.8. The summed E-state index contributed by atoms with van der Waals surface area (Å²) in [5, 5.41) is 4.11. The van der Waals surface area contributed by atoms with Crippen molar-refractivity contribution >= 4 is 23.2 Å². The van der Waals surface area contributed by atoms with Crippen LogP contribution in [0.3, 0.4) is 0 Å². The first kappa shape index (κ1) is 19.8. The molecule has 0 radical (unpaired) electrons. The Kier molecular flexibility index (Phi) is 7.82. The van der Waals surface area contributed by atoms with Gasteiger partial charge in [-0.2, -0.15) is 0 Å². The van der Waals surface area contributed by atoms with Gasteiger partial charge in [0, 0.05) is 12.1 Å². The highest BCUT2D eigenvalue weighted by Gasteiger charge is 2.14. The fraction of sp³-hybridized carbons (Fsp3) is 0.368. The second-order valence-electron chi connectivity index (χ2n) is 5.54. The lowest BCUT2D eigenvalue weighted by Crippen LogP contribution is -2.14. The lowest BCUT2D eigenvalue weighted by atomic mass is 10.2. The summed E-state index contributed by atoms with van der Waals surface area (Å²) >= 11 is 12.4. The second-order valence-corrected chi connectivity index (χ2v) is 6.35. The molecule has 0 heterocycles. The van der Waals surface area contributed by atoms with Crippen LogP contribution in [0, 0.1) is 5.82 Å². The number of hydrogen-bond donors (Lipinski definition) is 1. The molecule has 0 aromatic heterocycles. The van der Waals surface area contributed by atoms with E-state index in [4.69, 9.17) is 32.7 Å². The van der Waals surface area contributed by atoms with Crippen LogP contribution in [-0.2, 0) is 13.2 Å². The predicted octanol–water partition coefficient (Wildman–Crippen LogP) is 5.61. The van der Waals surface area contributed by atoms with Gasteiger partial charge in [-0.1, -0.05) is 36.2 Å². The van der Waals surface area contributed by atoms with Crippen LogP contribution in [0.4, 0.5) is 4.39 Å². The third-order valence-corrected chi connectivity index (χ3v) is 4.14. The van der Waals surface area contributed by atoms with Gasteiger partial charge in [0.1, 0.15) is 12.4 Å². The molecule has 3 nitrogen and oxygen atoms in total. The summed E-state index contributed by atoms with van der Waals surface area (Å²) in [5.41, 5.74) is 1.70. The van der Waals surface area contributed by atoms with E-state index in [9.17, 15) is 4.39 Å². The number of halogens is 3. The van der Waals surface area contributed by atoms with Crippen LogP contribution >= 0.6 is 23.2 Å². The number of hydrogen-bond acceptors (Lipinski definition) is 3. The zero-order valence-electron chi connectivity index (χ0n) is 14.4. The van der Waals surface area contributed by atoms with Crippen molar-refractivity contribution < 1.29 is 13.9 Å². The Morgan fingerprint density at radius 1 is 1.04 bits per heavy atom. The van der Waals surface area contributed by atoms with Crippen LogP contribution in [0.25, 0.3) is 0 Å². The van der Waals surface area contributed by atoms with Gasteiger partial charge in [0.2, 0.25) is 0 Å². The maximum absolute atomic E-state index is 13.1. The van der Waals surface area contributed by atoms with E-state index in [-0.39, 0.29) is 12.4 Å². The Hall–Kier alpha value is -1.49. The smallest absolute Gasteiger partial charge is 0.180 e. The number of benzene rings is 2. The van der Waals surface area contributed by atoms with Crippen LogP contribution in [0.2, 0.25) is 10.0 Å². The molecular formula is C19H22Cl2FNO2. The number of rotatable bonds is 9. The van der Waals surface area contributed by atoms with Gasteiger partial charge >= 0.3 is 0 Å². The molecule has 2 aromatic carbocycles. The number of ether oxygens (including phenoxy) is 2. The molecule has 1 N–H and O–H groups in total. The van der Waals surface area contributed by atoms with Crippen molar-refractivity contribution in [3.63, 3.8) is 0 Å². The highest BCUT2D eigenvalue weighted by molar-refractivity contribution is 6.32. The van der Waals surface area contributed by atoms with Gasteiger partial charge in [0.05, 0.1) is 16.7 Å². The standard InChI is InChI=1S/C19H22Cl2FNO2/c1-3-7-23-11-13-8-17(21)19(18(9-13)24-4-2)25-12-14-5-6-15(22)10-16(14)20/h5-6,8-10,23H,3-4,7,11-12H2,1-2H3. The summed E-state index contributed by atoms with van der Waals surface area (Å²) in [4.78, 5) is 0. The van der Waals surface area contributed by atoms with Crippen LogP contribution in [0.5, 0.6) is 11.5 Å². The molecule has 0 atom stereocenters. The highest BCUT2D eigenvalue weighted by atomic mass is 35.5. The molecule has 0 bridgehead atoms. The first-order valence-corrected chi connectivity index (χ1v) is 9.03. The van der Waals surface area contributed by atoms with E-state index in [0.29, 0.717) is 40.3 Å². The molecule has 2 rings (SSSR count). The summed E-state index contributed by atoms with van der Waals surface area (Å²) in [6.45, 7) is 6.32. The Bertz CT molecular complexity index is 710. The van der Waals surface area contributed by atoms with Crippen LogP contribution in [0.1, 0.15) is 31.4 Å². The minimum atomic E-state index is -0.384. The van der Waals surface area contributed by atoms with Gasteiger partial charge in [-0.3, -0.25) is 0 Å². The van der Waals surface area contributed by atoms with E-state index < -0.39 is 0 Å². The van der Waals surface area contributed by atoms with E-state index in [2.05, 4.69) is 12.2 Å². The van der Waals surface area contributed by atoms with E-state index in [1.54, 1.807) is 6.07 Å². The van der Waals surface area contributed by atoms with Crippen molar-refractivity contribution in [1.82, 2.24) is 5.32 Å². The summed E-state index contributed by atoms with van der Waals surface area (Å²) in [7, 11) is 0. The molecule has 0 fully saturated rings. The second kappa shape index (κ2) is 9.85. The summed E-state index contributed by atoms with van der Waals surface area (Å²) < 4.78 is 24.6. The predicted molar refractivity (Wildman–Crippen MR) is 100 cm³/mol. The Morgan fingerprint density at radius 2 is 1.84 bits per heavy atom. The first-order chi connectivity index (χ1) is 12.0. The molecule has 2 aromatic rings. The van der Waals surface area contributed by atoms with Gasteiger partial charge in [-0.15, -0.1) is 0 Å². The molecule has 6 heteroatoms. The molecule has 0 unspecified atom stereocenters. The fourth-order valence-electron chi connectivity index (χ4n) is 2.32. The van der Waals surface area contributed by atoms with E-state index >= 15 is 0 Å². The van der Waals surface area contributed by atoms with Crippen molar-refractivity contribution in [3.05, 3.63) is 57.3 Å². The molecule has 0 aliphatic heterocycles. The van der Waals surface area contributed by atoms with E-state index in [1.807, 2.05) is 19.1 Å². The fourth-order valence-corrected chi connectivity index (χ4v) is 2.83. The average molecular weight is 386 g/mol. The molecule has 136 valence electrons. The summed E-state index contributed by atoms with van der Waals surface area (Å²) in [6.07, 6.45) is 1.06. The topological polar surface area (TPSA) is 30.5 Å². The van der Waals surface area contributed by atoms with Gasteiger partial charge in [0.15, 0.2) is 11.5 Å². The molecule has 0 amide bonds. The molecule has 0 spiro atoms. The van der Waals surface area contributed by atoms with Crippen molar-refractivity contribution in [2.75, 3.05) is 13.2 Å². The van der Waals surface area contributed by atoms with Gasteiger partial charge in [0.25, 0.3) is 0 Å². The van der Waals surface area contributed by atoms with Crippen molar-refractivity contribution in [2.45, 2.75) is 33.4 Å². The van der Waals surface area contributed by atoms with Gasteiger partial charge in [-0.25, -0.2) is 4.39 Å². The minimum absolute atomic E-state index is 0.173. The first-order valence-electron chi connectivity index (χ1n) is 8.27.